The summed E-state index contributed by atoms with van der Waals surface area (Å²) in [5.41, 5.74) is 2.31. The summed E-state index contributed by atoms with van der Waals surface area (Å²) in [4.78, 5) is 0. The van der Waals surface area contributed by atoms with Gasteiger partial charge in [0.15, 0.2) is 0 Å². The van der Waals surface area contributed by atoms with Crippen LogP contribution in [-0.4, -0.2) is 22.4 Å². The van der Waals surface area contributed by atoms with Gasteiger partial charge in [0.2, 0.25) is 0 Å². The lowest BCUT2D eigenvalue weighted by molar-refractivity contribution is 0.336. The molecule has 0 amide bonds. The molecule has 3 rings (SSSR count). The lowest BCUT2D eigenvalue weighted by Crippen LogP contribution is -2.37. The van der Waals surface area contributed by atoms with Crippen molar-refractivity contribution < 1.29 is 0 Å². The quantitative estimate of drug-likeness (QED) is 0.899. The lowest BCUT2D eigenvalue weighted by atomic mass is 9.90. The maximum atomic E-state index is 6.38. The number of rotatable bonds is 5. The van der Waals surface area contributed by atoms with Gasteiger partial charge in [0.05, 0.1) is 5.69 Å². The lowest BCUT2D eigenvalue weighted by Gasteiger charge is -2.25. The number of aromatic nitrogens is 2. The van der Waals surface area contributed by atoms with Gasteiger partial charge >= 0.3 is 0 Å². The van der Waals surface area contributed by atoms with E-state index < -0.39 is 0 Å². The average Bonchev–Trinajstić information content (AvgIpc) is 2.91. The van der Waals surface area contributed by atoms with Crippen molar-refractivity contribution in [3.05, 3.63) is 16.4 Å². The summed E-state index contributed by atoms with van der Waals surface area (Å²) in [6.07, 6.45) is 5.34. The monoisotopic (exact) mass is 281 g/mol. The van der Waals surface area contributed by atoms with E-state index in [1.54, 1.807) is 4.68 Å². The Kier molecular flexibility index (Phi) is 3.61. The number of nitrogens with zero attached hydrogens (tertiary/aromatic N) is 2. The number of halogens is 1. The number of likely N-dealkylation sites (N-methyl/N-ethyl adjacent to an activating group) is 1. The van der Waals surface area contributed by atoms with E-state index in [-0.39, 0.29) is 0 Å². The highest BCUT2D eigenvalue weighted by atomic mass is 35.5. The molecular formula is C15H24ClN3. The van der Waals surface area contributed by atoms with Crippen molar-refractivity contribution in [3.8, 4) is 0 Å². The van der Waals surface area contributed by atoms with Gasteiger partial charge < -0.3 is 5.32 Å². The zero-order valence-electron chi connectivity index (χ0n) is 12.1. The summed E-state index contributed by atoms with van der Waals surface area (Å²) >= 11 is 6.38. The van der Waals surface area contributed by atoms with E-state index in [2.05, 4.69) is 24.3 Å². The molecule has 0 bridgehead atoms. The zero-order chi connectivity index (χ0) is 13.6. The van der Waals surface area contributed by atoms with Crippen molar-refractivity contribution in [1.29, 1.82) is 0 Å². The van der Waals surface area contributed by atoms with Crippen LogP contribution in [0.15, 0.2) is 0 Å². The average molecular weight is 282 g/mol. The smallest absolute Gasteiger partial charge is 0.130 e. The van der Waals surface area contributed by atoms with E-state index >= 15 is 0 Å². The van der Waals surface area contributed by atoms with Crippen LogP contribution in [0.4, 0.5) is 0 Å². The van der Waals surface area contributed by atoms with Gasteiger partial charge in [-0.3, -0.25) is 4.68 Å². The second kappa shape index (κ2) is 5.10. The molecule has 0 spiro atoms. The highest BCUT2D eigenvalue weighted by molar-refractivity contribution is 6.30. The first-order valence-corrected chi connectivity index (χ1v) is 7.89. The zero-order valence-corrected chi connectivity index (χ0v) is 12.9. The second-order valence-corrected chi connectivity index (χ2v) is 6.69. The molecule has 3 nitrogen and oxygen atoms in total. The highest BCUT2D eigenvalue weighted by Gasteiger charge is 2.47. The van der Waals surface area contributed by atoms with Gasteiger partial charge in [-0.05, 0) is 56.9 Å². The topological polar surface area (TPSA) is 29.9 Å². The van der Waals surface area contributed by atoms with Gasteiger partial charge in [0.25, 0.3) is 0 Å². The molecule has 0 aromatic carbocycles. The first-order valence-electron chi connectivity index (χ1n) is 7.51. The van der Waals surface area contributed by atoms with Gasteiger partial charge in [-0.1, -0.05) is 18.5 Å². The van der Waals surface area contributed by atoms with Crippen molar-refractivity contribution >= 4 is 11.6 Å². The number of hydrogen-bond donors (Lipinski definition) is 1. The molecule has 1 aromatic heterocycles. The van der Waals surface area contributed by atoms with Crippen LogP contribution < -0.4 is 5.32 Å². The van der Waals surface area contributed by atoms with Crippen LogP contribution in [0.1, 0.15) is 37.4 Å². The fraction of sp³-hybridized carbons (Fsp3) is 0.800. The molecule has 0 saturated heterocycles. The van der Waals surface area contributed by atoms with Crippen LogP contribution in [0.25, 0.3) is 0 Å². The molecule has 2 fully saturated rings. The van der Waals surface area contributed by atoms with Gasteiger partial charge in [-0.2, -0.15) is 5.10 Å². The van der Waals surface area contributed by atoms with Crippen LogP contribution in [0.3, 0.4) is 0 Å². The van der Waals surface area contributed by atoms with Crippen molar-refractivity contribution in [3.63, 3.8) is 0 Å². The standard InChI is InChI=1S/C15H24ClN3/c1-4-17-14(12-6-10-5-11(10)7-12)8-13-9(2)18-19(3)15(13)16/h10-12,14,17H,4-8H2,1-3H3. The first-order chi connectivity index (χ1) is 9.10. The Morgan fingerprint density at radius 1 is 1.37 bits per heavy atom. The Labute approximate surface area is 120 Å². The molecule has 3 atom stereocenters. The van der Waals surface area contributed by atoms with Crippen LogP contribution >= 0.6 is 11.6 Å². The van der Waals surface area contributed by atoms with Crippen molar-refractivity contribution in [2.75, 3.05) is 6.54 Å². The van der Waals surface area contributed by atoms with Gasteiger partial charge in [-0.25, -0.2) is 0 Å². The Morgan fingerprint density at radius 3 is 2.58 bits per heavy atom. The predicted molar refractivity (Wildman–Crippen MR) is 78.4 cm³/mol. The summed E-state index contributed by atoms with van der Waals surface area (Å²) in [6.45, 7) is 5.30. The predicted octanol–water partition coefficient (Wildman–Crippen LogP) is 2.95. The summed E-state index contributed by atoms with van der Waals surface area (Å²) in [7, 11) is 1.92. The van der Waals surface area contributed by atoms with Crippen molar-refractivity contribution in [2.45, 2.75) is 45.6 Å². The maximum absolute atomic E-state index is 6.38. The van der Waals surface area contributed by atoms with E-state index in [0.29, 0.717) is 6.04 Å². The minimum absolute atomic E-state index is 0.568. The third kappa shape index (κ3) is 2.55. The largest absolute Gasteiger partial charge is 0.314 e. The van der Waals surface area contributed by atoms with Crippen LogP contribution in [0, 0.1) is 24.7 Å². The first kappa shape index (κ1) is 13.4. The van der Waals surface area contributed by atoms with E-state index in [1.807, 2.05) is 7.05 Å². The van der Waals surface area contributed by atoms with Crippen molar-refractivity contribution in [1.82, 2.24) is 15.1 Å². The fourth-order valence-electron chi connectivity index (χ4n) is 3.88. The minimum Gasteiger partial charge on any atom is -0.314 e. The summed E-state index contributed by atoms with van der Waals surface area (Å²) in [6, 6.07) is 0.568. The summed E-state index contributed by atoms with van der Waals surface area (Å²) < 4.78 is 1.79. The number of fused-ring (bicyclic) bond motifs is 1. The van der Waals surface area contributed by atoms with E-state index in [4.69, 9.17) is 11.6 Å². The Balaban J connectivity index is 1.73. The highest BCUT2D eigenvalue weighted by Crippen LogP contribution is 2.55. The molecule has 19 heavy (non-hydrogen) atoms. The molecule has 1 aromatic rings. The van der Waals surface area contributed by atoms with E-state index in [0.717, 1.165) is 41.6 Å². The van der Waals surface area contributed by atoms with Crippen LogP contribution in [-0.2, 0) is 13.5 Å². The molecule has 1 heterocycles. The van der Waals surface area contributed by atoms with Crippen LogP contribution in [0.2, 0.25) is 5.15 Å². The summed E-state index contributed by atoms with van der Waals surface area (Å²) in [5, 5.41) is 8.92. The molecular weight excluding hydrogens is 258 g/mol. The molecule has 3 unspecified atom stereocenters. The molecule has 4 heteroatoms. The summed E-state index contributed by atoms with van der Waals surface area (Å²) in [5.74, 6) is 2.91. The minimum atomic E-state index is 0.568. The van der Waals surface area contributed by atoms with Gasteiger partial charge in [0, 0.05) is 18.7 Å². The Bertz CT molecular complexity index is 458. The number of hydrogen-bond acceptors (Lipinski definition) is 2. The van der Waals surface area contributed by atoms with Gasteiger partial charge in [0.1, 0.15) is 5.15 Å². The van der Waals surface area contributed by atoms with E-state index in [1.165, 1.54) is 24.8 Å². The molecule has 0 radical (unpaired) electrons. The second-order valence-electron chi connectivity index (χ2n) is 6.33. The Hall–Kier alpha value is -0.540. The van der Waals surface area contributed by atoms with E-state index in [9.17, 15) is 0 Å². The Morgan fingerprint density at radius 2 is 2.05 bits per heavy atom. The third-order valence-corrected chi connectivity index (χ3v) is 5.48. The molecule has 2 aliphatic rings. The SMILES string of the molecule is CCNC(Cc1c(C)nn(C)c1Cl)C1CC2CC2C1. The molecule has 0 aliphatic heterocycles. The third-order valence-electron chi connectivity index (χ3n) is 5.01. The normalized spacial score (nSPS) is 30.4. The van der Waals surface area contributed by atoms with Gasteiger partial charge in [-0.15, -0.1) is 0 Å². The number of nitrogens with one attached hydrogen (secondary N) is 1. The molecule has 2 saturated carbocycles. The molecule has 106 valence electrons. The maximum Gasteiger partial charge on any atom is 0.130 e. The molecule has 2 aliphatic carbocycles. The van der Waals surface area contributed by atoms with Crippen molar-refractivity contribution in [2.24, 2.45) is 24.8 Å². The van der Waals surface area contributed by atoms with Crippen LogP contribution in [0.5, 0.6) is 0 Å². The molecule has 1 N–H and O–H groups in total. The fourth-order valence-corrected chi connectivity index (χ4v) is 4.14. The number of aryl methyl sites for hydroxylation is 2.